The van der Waals surface area contributed by atoms with E-state index in [0.717, 1.165) is 6.07 Å². The fourth-order valence-electron chi connectivity index (χ4n) is 1.81. The quantitative estimate of drug-likeness (QED) is 0.466. The van der Waals surface area contributed by atoms with E-state index < -0.39 is 32.5 Å². The molecule has 0 saturated heterocycles. The van der Waals surface area contributed by atoms with Gasteiger partial charge in [0, 0.05) is 17.7 Å². The van der Waals surface area contributed by atoms with Gasteiger partial charge in [-0.15, -0.1) is 0 Å². The number of Topliss-reactive ketones (excluding diaryl/α,β-unsaturated/α-hetero) is 1. The van der Waals surface area contributed by atoms with Crippen LogP contribution in [-0.4, -0.2) is 21.3 Å². The highest BCUT2D eigenvalue weighted by Gasteiger charge is 2.25. The van der Waals surface area contributed by atoms with Gasteiger partial charge in [0.05, 0.1) is 7.11 Å². The number of hydrogen-bond donors (Lipinski definition) is 0. The van der Waals surface area contributed by atoms with Crippen LogP contribution in [0.3, 0.4) is 0 Å². The zero-order valence-electron chi connectivity index (χ0n) is 12.5. The number of benzene rings is 2. The molecule has 0 radical (unpaired) electrons. The van der Waals surface area contributed by atoms with E-state index in [-0.39, 0.29) is 35.0 Å². The molecule has 0 saturated carbocycles. The van der Waals surface area contributed by atoms with Crippen LogP contribution < -0.4 is 8.92 Å². The lowest BCUT2D eigenvalue weighted by Crippen LogP contribution is -2.13. The summed E-state index contributed by atoms with van der Waals surface area (Å²) in [5.41, 5.74) is 0.232. The smallest absolute Gasteiger partial charge is 0.342 e. The molecule has 0 unspecified atom stereocenters. The van der Waals surface area contributed by atoms with Crippen molar-refractivity contribution >= 4 is 15.9 Å². The maximum Gasteiger partial charge on any atom is 0.342 e. The van der Waals surface area contributed by atoms with Crippen molar-refractivity contribution in [1.82, 2.24) is 0 Å². The van der Waals surface area contributed by atoms with E-state index in [4.69, 9.17) is 8.92 Å². The molecule has 2 aromatic carbocycles. The van der Waals surface area contributed by atoms with Gasteiger partial charge in [-0.2, -0.15) is 8.42 Å². The number of ketones is 1. The number of carbonyl (C=O) groups excluding carboxylic acids is 1. The summed E-state index contributed by atoms with van der Waals surface area (Å²) in [5.74, 6) is -5.32. The Bertz CT molecular complexity index is 910. The average Bonchev–Trinajstić information content (AvgIpc) is 2.50. The van der Waals surface area contributed by atoms with Crippen LogP contribution in [0.15, 0.2) is 35.2 Å². The van der Waals surface area contributed by atoms with Crippen molar-refractivity contribution in [3.8, 4) is 11.5 Å². The van der Waals surface area contributed by atoms with Crippen molar-refractivity contribution < 1.29 is 35.3 Å². The Morgan fingerprint density at radius 1 is 0.958 bits per heavy atom. The van der Waals surface area contributed by atoms with Crippen molar-refractivity contribution in [3.63, 3.8) is 0 Å². The molecule has 0 bridgehead atoms. The van der Waals surface area contributed by atoms with E-state index in [1.807, 2.05) is 0 Å². The molecule has 0 N–H and O–H groups in total. The van der Waals surface area contributed by atoms with E-state index in [1.165, 1.54) is 26.2 Å². The molecular weight excluding hydrogens is 349 g/mol. The predicted octanol–water partition coefficient (Wildman–Crippen LogP) is 3.08. The van der Waals surface area contributed by atoms with Crippen molar-refractivity contribution in [2.75, 3.05) is 7.11 Å². The minimum atomic E-state index is -4.80. The molecule has 128 valence electrons. The number of ether oxygens (including phenoxy) is 1. The van der Waals surface area contributed by atoms with Gasteiger partial charge < -0.3 is 8.92 Å². The second kappa shape index (κ2) is 6.52. The molecule has 9 heteroatoms. The molecule has 0 amide bonds. The molecule has 0 heterocycles. The Morgan fingerprint density at radius 2 is 1.58 bits per heavy atom. The van der Waals surface area contributed by atoms with Gasteiger partial charge in [0.1, 0.15) is 10.7 Å². The first-order valence-electron chi connectivity index (χ1n) is 6.43. The molecule has 0 aliphatic rings. The Hall–Kier alpha value is -2.55. The molecule has 5 nitrogen and oxygen atoms in total. The SMILES string of the molecule is COc1cc(C(C)=O)ccc1OS(=O)(=O)c1cc(F)c(F)cc1F. The summed E-state index contributed by atoms with van der Waals surface area (Å²) in [6, 6.07) is 3.91. The summed E-state index contributed by atoms with van der Waals surface area (Å²) < 4.78 is 73.6. The summed E-state index contributed by atoms with van der Waals surface area (Å²) in [4.78, 5) is 10.1. The Labute approximate surface area is 135 Å². The Balaban J connectivity index is 2.47. The second-order valence-corrected chi connectivity index (χ2v) is 6.17. The molecule has 0 aromatic heterocycles. The summed E-state index contributed by atoms with van der Waals surface area (Å²) in [6.45, 7) is 1.29. The molecule has 0 spiro atoms. The fourth-order valence-corrected chi connectivity index (χ4v) is 2.82. The number of halogens is 3. The number of hydrogen-bond acceptors (Lipinski definition) is 5. The van der Waals surface area contributed by atoms with Crippen LogP contribution in [0.5, 0.6) is 11.5 Å². The van der Waals surface area contributed by atoms with Crippen molar-refractivity contribution in [1.29, 1.82) is 0 Å². The van der Waals surface area contributed by atoms with E-state index in [0.29, 0.717) is 0 Å². The minimum absolute atomic E-state index is 0.0989. The maximum absolute atomic E-state index is 13.6. The molecule has 24 heavy (non-hydrogen) atoms. The second-order valence-electron chi connectivity index (χ2n) is 4.66. The van der Waals surface area contributed by atoms with Crippen LogP contribution in [0.1, 0.15) is 17.3 Å². The molecule has 0 aliphatic heterocycles. The van der Waals surface area contributed by atoms with Gasteiger partial charge in [-0.05, 0) is 25.1 Å². The monoisotopic (exact) mass is 360 g/mol. The topological polar surface area (TPSA) is 69.7 Å². The minimum Gasteiger partial charge on any atom is -0.493 e. The summed E-state index contributed by atoms with van der Waals surface area (Å²) in [6.07, 6.45) is 0. The average molecular weight is 360 g/mol. The Kier molecular flexibility index (Phi) is 4.83. The van der Waals surface area contributed by atoms with Gasteiger partial charge >= 0.3 is 10.1 Å². The van der Waals surface area contributed by atoms with Gasteiger partial charge in [0.2, 0.25) is 0 Å². The molecule has 0 aliphatic carbocycles. The number of carbonyl (C=O) groups is 1. The van der Waals surface area contributed by atoms with Crippen molar-refractivity contribution in [3.05, 3.63) is 53.3 Å². The first-order valence-corrected chi connectivity index (χ1v) is 7.84. The van der Waals surface area contributed by atoms with E-state index in [9.17, 15) is 26.4 Å². The highest BCUT2D eigenvalue weighted by Crippen LogP contribution is 2.31. The van der Waals surface area contributed by atoms with Crippen LogP contribution in [0, 0.1) is 17.5 Å². The predicted molar refractivity (Wildman–Crippen MR) is 77.1 cm³/mol. The van der Waals surface area contributed by atoms with Crippen LogP contribution in [0.25, 0.3) is 0 Å². The first-order chi connectivity index (χ1) is 11.2. The van der Waals surface area contributed by atoms with Crippen LogP contribution in [0.2, 0.25) is 0 Å². The number of rotatable bonds is 5. The molecule has 2 rings (SSSR count). The first kappa shape index (κ1) is 17.8. The van der Waals surface area contributed by atoms with E-state index >= 15 is 0 Å². The largest absolute Gasteiger partial charge is 0.493 e. The van der Waals surface area contributed by atoms with Crippen molar-refractivity contribution in [2.24, 2.45) is 0 Å². The van der Waals surface area contributed by atoms with E-state index in [1.54, 1.807) is 0 Å². The van der Waals surface area contributed by atoms with Gasteiger partial charge in [0.15, 0.2) is 28.9 Å². The highest BCUT2D eigenvalue weighted by atomic mass is 32.2. The van der Waals surface area contributed by atoms with Crippen LogP contribution >= 0.6 is 0 Å². The lowest BCUT2D eigenvalue weighted by atomic mass is 10.1. The van der Waals surface area contributed by atoms with Crippen LogP contribution in [-0.2, 0) is 10.1 Å². The third kappa shape index (κ3) is 3.51. The summed E-state index contributed by atoms with van der Waals surface area (Å²) in [7, 11) is -3.59. The van der Waals surface area contributed by atoms with Gasteiger partial charge in [-0.3, -0.25) is 4.79 Å². The van der Waals surface area contributed by atoms with Gasteiger partial charge in [-0.1, -0.05) is 0 Å². The fraction of sp³-hybridized carbons (Fsp3) is 0.133. The molecule has 0 fully saturated rings. The summed E-state index contributed by atoms with van der Waals surface area (Å²) in [5, 5.41) is 0. The third-order valence-electron chi connectivity index (χ3n) is 3.01. The lowest BCUT2D eigenvalue weighted by Gasteiger charge is -2.12. The maximum atomic E-state index is 13.6. The molecular formula is C15H11F3O5S. The van der Waals surface area contributed by atoms with Crippen LogP contribution in [0.4, 0.5) is 13.2 Å². The summed E-state index contributed by atoms with van der Waals surface area (Å²) >= 11 is 0. The molecule has 2 aromatic rings. The van der Waals surface area contributed by atoms with E-state index in [2.05, 4.69) is 0 Å². The Morgan fingerprint density at radius 3 is 2.17 bits per heavy atom. The molecule has 0 atom stereocenters. The zero-order chi connectivity index (χ0) is 18.1. The van der Waals surface area contributed by atoms with Gasteiger partial charge in [0.25, 0.3) is 0 Å². The highest BCUT2D eigenvalue weighted by molar-refractivity contribution is 7.87. The normalized spacial score (nSPS) is 11.2. The van der Waals surface area contributed by atoms with Crippen molar-refractivity contribution in [2.45, 2.75) is 11.8 Å². The lowest BCUT2D eigenvalue weighted by molar-refractivity contribution is 0.101. The third-order valence-corrected chi connectivity index (χ3v) is 4.26. The standard InChI is InChI=1S/C15H11F3O5S/c1-8(19)9-3-4-13(14(5-9)22-2)23-24(20,21)15-7-11(17)10(16)6-12(15)18/h3-7H,1-2H3. The van der Waals surface area contributed by atoms with Gasteiger partial charge in [-0.25, -0.2) is 13.2 Å². The zero-order valence-corrected chi connectivity index (χ0v) is 13.3. The number of methoxy groups -OCH3 is 1.